The molecule has 0 radical (unpaired) electrons. The van der Waals surface area contributed by atoms with Crippen LogP contribution in [0.3, 0.4) is 0 Å². The van der Waals surface area contributed by atoms with E-state index in [0.29, 0.717) is 12.5 Å². The summed E-state index contributed by atoms with van der Waals surface area (Å²) in [5, 5.41) is 3.11. The summed E-state index contributed by atoms with van der Waals surface area (Å²) in [5.74, 6) is 2.08. The minimum Gasteiger partial charge on any atom is -0.497 e. The molecule has 144 valence electrons. The van der Waals surface area contributed by atoms with Gasteiger partial charge in [-0.3, -0.25) is 0 Å². The molecule has 5 nitrogen and oxygen atoms in total. The van der Waals surface area contributed by atoms with Crippen LogP contribution in [0.2, 0.25) is 0 Å². The van der Waals surface area contributed by atoms with Gasteiger partial charge < -0.3 is 19.7 Å². The van der Waals surface area contributed by atoms with E-state index in [9.17, 15) is 4.79 Å². The lowest BCUT2D eigenvalue weighted by Crippen LogP contribution is -2.39. The van der Waals surface area contributed by atoms with Crippen molar-refractivity contribution in [3.05, 3.63) is 59.7 Å². The van der Waals surface area contributed by atoms with Gasteiger partial charge >= 0.3 is 6.03 Å². The average molecular weight is 368 g/mol. The van der Waals surface area contributed by atoms with Crippen LogP contribution in [0.4, 0.5) is 4.79 Å². The number of hydrogen-bond acceptors (Lipinski definition) is 3. The highest BCUT2D eigenvalue weighted by molar-refractivity contribution is 5.75. The second kappa shape index (κ2) is 8.80. The van der Waals surface area contributed by atoms with Gasteiger partial charge in [-0.15, -0.1) is 0 Å². The van der Waals surface area contributed by atoms with Gasteiger partial charge in [-0.05, 0) is 55.7 Å². The largest absolute Gasteiger partial charge is 0.497 e. The van der Waals surface area contributed by atoms with Gasteiger partial charge in [-0.25, -0.2) is 4.79 Å². The summed E-state index contributed by atoms with van der Waals surface area (Å²) in [6.45, 7) is 6.14. The van der Waals surface area contributed by atoms with E-state index in [1.807, 2.05) is 55.1 Å². The number of rotatable bonds is 6. The molecule has 3 rings (SSSR count). The van der Waals surface area contributed by atoms with Crippen LogP contribution in [0.1, 0.15) is 43.4 Å². The van der Waals surface area contributed by atoms with Gasteiger partial charge in [0, 0.05) is 19.0 Å². The third-order valence-electron chi connectivity index (χ3n) is 5.09. The van der Waals surface area contributed by atoms with Crippen molar-refractivity contribution in [1.82, 2.24) is 10.2 Å². The zero-order chi connectivity index (χ0) is 19.2. The molecule has 1 heterocycles. The van der Waals surface area contributed by atoms with Gasteiger partial charge in [0.25, 0.3) is 0 Å². The lowest BCUT2D eigenvalue weighted by atomic mass is 9.98. The first kappa shape index (κ1) is 19.1. The fraction of sp³-hybridized carbons (Fsp3) is 0.409. The van der Waals surface area contributed by atoms with Crippen LogP contribution >= 0.6 is 0 Å². The summed E-state index contributed by atoms with van der Waals surface area (Å²) in [6, 6.07) is 16.0. The Labute approximate surface area is 161 Å². The zero-order valence-electron chi connectivity index (χ0n) is 16.3. The first-order chi connectivity index (χ1) is 13.1. The second-order valence-corrected chi connectivity index (χ2v) is 6.88. The number of benzene rings is 2. The van der Waals surface area contributed by atoms with Crippen molar-refractivity contribution >= 4 is 6.03 Å². The van der Waals surface area contributed by atoms with Crippen molar-refractivity contribution in [2.45, 2.75) is 32.2 Å². The molecule has 1 fully saturated rings. The van der Waals surface area contributed by atoms with Crippen molar-refractivity contribution in [3.63, 3.8) is 0 Å². The van der Waals surface area contributed by atoms with Crippen LogP contribution in [0, 0.1) is 0 Å². The molecule has 0 bridgehead atoms. The molecule has 1 saturated heterocycles. The topological polar surface area (TPSA) is 50.8 Å². The minimum atomic E-state index is -0.0480. The number of methoxy groups -OCH3 is 1. The van der Waals surface area contributed by atoms with Crippen LogP contribution in [0.15, 0.2) is 48.5 Å². The quantitative estimate of drug-likeness (QED) is 0.824. The Morgan fingerprint density at radius 1 is 1.15 bits per heavy atom. The molecule has 1 N–H and O–H groups in total. The fourth-order valence-electron chi connectivity index (χ4n) is 3.47. The van der Waals surface area contributed by atoms with Crippen molar-refractivity contribution in [1.29, 1.82) is 0 Å². The molecule has 0 spiro atoms. The van der Waals surface area contributed by atoms with E-state index in [1.165, 1.54) is 5.56 Å². The number of urea groups is 1. The number of amides is 2. The van der Waals surface area contributed by atoms with E-state index in [2.05, 4.69) is 17.4 Å². The highest BCUT2D eigenvalue weighted by atomic mass is 16.5. The van der Waals surface area contributed by atoms with Gasteiger partial charge in [-0.1, -0.05) is 24.3 Å². The van der Waals surface area contributed by atoms with E-state index in [0.717, 1.165) is 36.6 Å². The molecule has 0 aromatic heterocycles. The lowest BCUT2D eigenvalue weighted by molar-refractivity contribution is 0.205. The molecule has 2 amide bonds. The maximum atomic E-state index is 12.6. The molecule has 2 unspecified atom stereocenters. The summed E-state index contributed by atoms with van der Waals surface area (Å²) in [4.78, 5) is 14.5. The van der Waals surface area contributed by atoms with E-state index < -0.39 is 0 Å². The van der Waals surface area contributed by atoms with E-state index in [1.54, 1.807) is 7.11 Å². The number of nitrogens with zero attached hydrogens (tertiary/aromatic N) is 1. The van der Waals surface area contributed by atoms with Gasteiger partial charge in [0.15, 0.2) is 0 Å². The van der Waals surface area contributed by atoms with Crippen LogP contribution in [0.25, 0.3) is 0 Å². The van der Waals surface area contributed by atoms with Crippen molar-refractivity contribution in [2.75, 3.05) is 26.8 Å². The maximum absolute atomic E-state index is 12.6. The number of nitrogens with one attached hydrogen (secondary N) is 1. The van der Waals surface area contributed by atoms with Gasteiger partial charge in [0.05, 0.1) is 19.8 Å². The number of carbonyl (C=O) groups excluding carboxylic acids is 1. The molecule has 2 atom stereocenters. The summed E-state index contributed by atoms with van der Waals surface area (Å²) in [6.07, 6.45) is 0.983. The maximum Gasteiger partial charge on any atom is 0.317 e. The van der Waals surface area contributed by atoms with Gasteiger partial charge in [0.2, 0.25) is 0 Å². The van der Waals surface area contributed by atoms with Crippen LogP contribution in [0.5, 0.6) is 11.5 Å². The third-order valence-corrected chi connectivity index (χ3v) is 5.09. The molecule has 2 aromatic rings. The molecule has 0 aliphatic carbocycles. The molecule has 2 aromatic carbocycles. The van der Waals surface area contributed by atoms with Crippen LogP contribution in [-0.2, 0) is 0 Å². The molecular weight excluding hydrogens is 340 g/mol. The predicted molar refractivity (Wildman–Crippen MR) is 106 cm³/mol. The van der Waals surface area contributed by atoms with Gasteiger partial charge in [-0.2, -0.15) is 0 Å². The van der Waals surface area contributed by atoms with Gasteiger partial charge in [0.1, 0.15) is 11.5 Å². The van der Waals surface area contributed by atoms with Crippen LogP contribution in [-0.4, -0.2) is 37.7 Å². The molecule has 5 heteroatoms. The smallest absolute Gasteiger partial charge is 0.317 e. The fourth-order valence-corrected chi connectivity index (χ4v) is 3.47. The summed E-state index contributed by atoms with van der Waals surface area (Å²) in [5.41, 5.74) is 2.32. The second-order valence-electron chi connectivity index (χ2n) is 6.88. The lowest BCUT2D eigenvalue weighted by Gasteiger charge is -2.21. The summed E-state index contributed by atoms with van der Waals surface area (Å²) in [7, 11) is 1.67. The summed E-state index contributed by atoms with van der Waals surface area (Å²) < 4.78 is 10.7. The highest BCUT2D eigenvalue weighted by Crippen LogP contribution is 2.29. The Balaban J connectivity index is 1.54. The average Bonchev–Trinajstić information content (AvgIpc) is 3.19. The van der Waals surface area contributed by atoms with E-state index in [-0.39, 0.29) is 12.1 Å². The Morgan fingerprint density at radius 3 is 2.44 bits per heavy atom. The number of hydrogen-bond donors (Lipinski definition) is 1. The van der Waals surface area contributed by atoms with E-state index >= 15 is 0 Å². The Kier molecular flexibility index (Phi) is 6.22. The van der Waals surface area contributed by atoms with Crippen LogP contribution < -0.4 is 14.8 Å². The monoisotopic (exact) mass is 368 g/mol. The number of carbonyl (C=O) groups is 1. The molecular formula is C22H28N2O3. The number of likely N-dealkylation sites (tertiary alicyclic amines) is 1. The Bertz CT molecular complexity index is 743. The first-order valence-electron chi connectivity index (χ1n) is 9.53. The normalized spacial score (nSPS) is 17.4. The Hall–Kier alpha value is -2.69. The minimum absolute atomic E-state index is 0.00704. The summed E-state index contributed by atoms with van der Waals surface area (Å²) >= 11 is 0. The van der Waals surface area contributed by atoms with Crippen molar-refractivity contribution in [3.8, 4) is 11.5 Å². The highest BCUT2D eigenvalue weighted by Gasteiger charge is 2.28. The molecule has 1 aliphatic rings. The van der Waals surface area contributed by atoms with Crippen molar-refractivity contribution in [2.24, 2.45) is 0 Å². The van der Waals surface area contributed by atoms with E-state index in [4.69, 9.17) is 9.47 Å². The molecule has 27 heavy (non-hydrogen) atoms. The standard InChI is InChI=1S/C22H28N2O3/c1-4-27-21-11-5-17(6-12-21)16(2)23-22(25)24-14-13-19(15-24)18-7-9-20(26-3)10-8-18/h5-12,16,19H,4,13-15H2,1-3H3,(H,23,25). The SMILES string of the molecule is CCOc1ccc(C(C)NC(=O)N2CCC(c3ccc(OC)cc3)C2)cc1. The molecule has 0 saturated carbocycles. The predicted octanol–water partition coefficient (Wildman–Crippen LogP) is 4.35. The molecule has 1 aliphatic heterocycles. The zero-order valence-corrected chi connectivity index (χ0v) is 16.3. The van der Waals surface area contributed by atoms with Crippen molar-refractivity contribution < 1.29 is 14.3 Å². The Morgan fingerprint density at radius 2 is 1.81 bits per heavy atom. The third kappa shape index (κ3) is 4.73. The first-order valence-corrected chi connectivity index (χ1v) is 9.53. The number of ether oxygens (including phenoxy) is 2.